The first-order chi connectivity index (χ1) is 9.18. The zero-order valence-electron chi connectivity index (χ0n) is 11.3. The van der Waals surface area contributed by atoms with E-state index in [-0.39, 0.29) is 11.3 Å². The van der Waals surface area contributed by atoms with Gasteiger partial charge in [0.15, 0.2) is 0 Å². The summed E-state index contributed by atoms with van der Waals surface area (Å²) in [6, 6.07) is 7.62. The molecule has 1 aliphatic rings. The molecule has 0 radical (unpaired) electrons. The topological polar surface area (TPSA) is 41.1 Å². The van der Waals surface area contributed by atoms with Crippen LogP contribution in [0.2, 0.25) is 5.02 Å². The third-order valence-electron chi connectivity index (χ3n) is 4.03. The molecule has 1 aromatic rings. The standard InChI is InChI=1S/C15H21ClN2O/c1-2-15(8-5-9-17-11-15)14(19)18-10-12-6-3-4-7-13(12)16/h3-4,6-7,17H,2,5,8-11H2,1H3,(H,18,19). The first-order valence-electron chi connectivity index (χ1n) is 6.90. The van der Waals surface area contributed by atoms with Gasteiger partial charge in [-0.05, 0) is 37.4 Å². The van der Waals surface area contributed by atoms with E-state index in [1.165, 1.54) is 0 Å². The van der Waals surface area contributed by atoms with Crippen molar-refractivity contribution in [3.63, 3.8) is 0 Å². The van der Waals surface area contributed by atoms with Gasteiger partial charge in [-0.25, -0.2) is 0 Å². The molecule has 104 valence electrons. The predicted molar refractivity (Wildman–Crippen MR) is 78.1 cm³/mol. The summed E-state index contributed by atoms with van der Waals surface area (Å²) in [6.45, 7) is 4.37. The summed E-state index contributed by atoms with van der Waals surface area (Å²) in [5.41, 5.74) is 0.715. The van der Waals surface area contributed by atoms with Crippen LogP contribution in [-0.2, 0) is 11.3 Å². The van der Waals surface area contributed by atoms with Crippen molar-refractivity contribution in [2.24, 2.45) is 5.41 Å². The summed E-state index contributed by atoms with van der Waals surface area (Å²) in [7, 11) is 0. The van der Waals surface area contributed by atoms with Crippen LogP contribution in [0.4, 0.5) is 0 Å². The maximum atomic E-state index is 12.4. The zero-order chi connectivity index (χ0) is 13.7. The second kappa shape index (κ2) is 6.40. The summed E-state index contributed by atoms with van der Waals surface area (Å²) in [5.74, 6) is 0.141. The van der Waals surface area contributed by atoms with Crippen molar-refractivity contribution >= 4 is 17.5 Å². The number of amides is 1. The number of benzene rings is 1. The second-order valence-electron chi connectivity index (χ2n) is 5.19. The van der Waals surface area contributed by atoms with Gasteiger partial charge in [0.2, 0.25) is 5.91 Å². The van der Waals surface area contributed by atoms with Gasteiger partial charge in [0.25, 0.3) is 0 Å². The van der Waals surface area contributed by atoms with Gasteiger partial charge < -0.3 is 10.6 Å². The van der Waals surface area contributed by atoms with E-state index in [0.717, 1.165) is 37.9 Å². The number of nitrogens with one attached hydrogen (secondary N) is 2. The van der Waals surface area contributed by atoms with Crippen molar-refractivity contribution in [2.75, 3.05) is 13.1 Å². The smallest absolute Gasteiger partial charge is 0.227 e. The highest BCUT2D eigenvalue weighted by Crippen LogP contribution is 2.30. The van der Waals surface area contributed by atoms with Crippen LogP contribution in [0.1, 0.15) is 31.7 Å². The molecule has 1 fully saturated rings. The maximum absolute atomic E-state index is 12.4. The van der Waals surface area contributed by atoms with Gasteiger partial charge in [-0.15, -0.1) is 0 Å². The molecule has 0 bridgehead atoms. The number of rotatable bonds is 4. The van der Waals surface area contributed by atoms with Crippen LogP contribution in [0.15, 0.2) is 24.3 Å². The Kier molecular flexibility index (Phi) is 4.83. The van der Waals surface area contributed by atoms with E-state index in [1.54, 1.807) is 0 Å². The van der Waals surface area contributed by atoms with Crippen LogP contribution in [0.5, 0.6) is 0 Å². The third kappa shape index (κ3) is 3.28. The Bertz CT molecular complexity index is 442. The summed E-state index contributed by atoms with van der Waals surface area (Å²) in [5, 5.41) is 7.07. The van der Waals surface area contributed by atoms with Crippen LogP contribution in [0.25, 0.3) is 0 Å². The van der Waals surface area contributed by atoms with E-state index >= 15 is 0 Å². The van der Waals surface area contributed by atoms with Gasteiger partial charge in [0.05, 0.1) is 5.41 Å². The van der Waals surface area contributed by atoms with Crippen molar-refractivity contribution in [1.29, 1.82) is 0 Å². The Morgan fingerprint density at radius 2 is 2.26 bits per heavy atom. The van der Waals surface area contributed by atoms with Crippen LogP contribution in [0.3, 0.4) is 0 Å². The number of piperidine rings is 1. The van der Waals surface area contributed by atoms with Crippen molar-refractivity contribution in [2.45, 2.75) is 32.7 Å². The van der Waals surface area contributed by atoms with Crippen molar-refractivity contribution in [1.82, 2.24) is 10.6 Å². The largest absolute Gasteiger partial charge is 0.351 e. The quantitative estimate of drug-likeness (QED) is 0.890. The van der Waals surface area contributed by atoms with Gasteiger partial charge in [-0.1, -0.05) is 36.7 Å². The lowest BCUT2D eigenvalue weighted by Gasteiger charge is -2.35. The van der Waals surface area contributed by atoms with Gasteiger partial charge in [0, 0.05) is 18.1 Å². The van der Waals surface area contributed by atoms with Crippen LogP contribution in [-0.4, -0.2) is 19.0 Å². The number of carbonyl (C=O) groups excluding carboxylic acids is 1. The molecule has 1 aliphatic heterocycles. The average molecular weight is 281 g/mol. The van der Waals surface area contributed by atoms with Crippen molar-refractivity contribution in [3.8, 4) is 0 Å². The molecule has 1 unspecified atom stereocenters. The highest BCUT2D eigenvalue weighted by atomic mass is 35.5. The average Bonchev–Trinajstić information content (AvgIpc) is 2.46. The Balaban J connectivity index is 1.98. The zero-order valence-corrected chi connectivity index (χ0v) is 12.1. The highest BCUT2D eigenvalue weighted by molar-refractivity contribution is 6.31. The lowest BCUT2D eigenvalue weighted by atomic mass is 9.77. The third-order valence-corrected chi connectivity index (χ3v) is 4.40. The van der Waals surface area contributed by atoms with Gasteiger partial charge in [0.1, 0.15) is 0 Å². The predicted octanol–water partition coefficient (Wildman–Crippen LogP) is 2.74. The van der Waals surface area contributed by atoms with E-state index in [0.29, 0.717) is 11.6 Å². The SMILES string of the molecule is CCC1(C(=O)NCc2ccccc2Cl)CCCNC1. The Morgan fingerprint density at radius 1 is 1.47 bits per heavy atom. The van der Waals surface area contributed by atoms with Crippen LogP contribution >= 0.6 is 11.6 Å². The van der Waals surface area contributed by atoms with Crippen molar-refractivity contribution < 1.29 is 4.79 Å². The molecule has 1 atom stereocenters. The molecule has 1 heterocycles. The maximum Gasteiger partial charge on any atom is 0.227 e. The minimum atomic E-state index is -0.250. The fourth-order valence-electron chi connectivity index (χ4n) is 2.63. The van der Waals surface area contributed by atoms with E-state index in [2.05, 4.69) is 17.6 Å². The van der Waals surface area contributed by atoms with E-state index in [9.17, 15) is 4.79 Å². The molecule has 0 spiro atoms. The molecule has 0 aliphatic carbocycles. The number of hydrogen-bond donors (Lipinski definition) is 2. The van der Waals surface area contributed by atoms with Gasteiger partial charge >= 0.3 is 0 Å². The first-order valence-corrected chi connectivity index (χ1v) is 7.28. The fraction of sp³-hybridized carbons (Fsp3) is 0.533. The summed E-state index contributed by atoms with van der Waals surface area (Å²) >= 11 is 6.10. The van der Waals surface area contributed by atoms with E-state index in [1.807, 2.05) is 24.3 Å². The lowest BCUT2D eigenvalue weighted by molar-refractivity contribution is -0.132. The first kappa shape index (κ1) is 14.4. The Morgan fingerprint density at radius 3 is 2.89 bits per heavy atom. The van der Waals surface area contributed by atoms with Crippen molar-refractivity contribution in [3.05, 3.63) is 34.9 Å². The molecule has 1 aromatic carbocycles. The molecule has 19 heavy (non-hydrogen) atoms. The van der Waals surface area contributed by atoms with Gasteiger partial charge in [-0.3, -0.25) is 4.79 Å². The molecule has 1 saturated heterocycles. The molecular weight excluding hydrogens is 260 g/mol. The normalized spacial score (nSPS) is 23.1. The molecule has 2 N–H and O–H groups in total. The Labute approximate surface area is 119 Å². The van der Waals surface area contributed by atoms with E-state index in [4.69, 9.17) is 11.6 Å². The second-order valence-corrected chi connectivity index (χ2v) is 5.60. The monoisotopic (exact) mass is 280 g/mol. The minimum absolute atomic E-state index is 0.141. The highest BCUT2D eigenvalue weighted by Gasteiger charge is 2.37. The summed E-state index contributed by atoms with van der Waals surface area (Å²) in [4.78, 5) is 12.4. The molecule has 4 heteroatoms. The molecule has 3 nitrogen and oxygen atoms in total. The number of halogens is 1. The molecule has 1 amide bonds. The lowest BCUT2D eigenvalue weighted by Crippen LogP contribution is -2.50. The molecular formula is C15H21ClN2O. The number of carbonyl (C=O) groups is 1. The van der Waals surface area contributed by atoms with Gasteiger partial charge in [-0.2, -0.15) is 0 Å². The molecule has 2 rings (SSSR count). The van der Waals surface area contributed by atoms with Crippen LogP contribution < -0.4 is 10.6 Å². The molecule has 0 saturated carbocycles. The number of hydrogen-bond acceptors (Lipinski definition) is 2. The minimum Gasteiger partial charge on any atom is -0.351 e. The fourth-order valence-corrected chi connectivity index (χ4v) is 2.83. The van der Waals surface area contributed by atoms with Crippen LogP contribution in [0, 0.1) is 5.41 Å². The molecule has 0 aromatic heterocycles. The summed E-state index contributed by atoms with van der Waals surface area (Å²) < 4.78 is 0. The Hall–Kier alpha value is -1.06. The van der Waals surface area contributed by atoms with E-state index < -0.39 is 0 Å². The summed E-state index contributed by atoms with van der Waals surface area (Å²) in [6.07, 6.45) is 2.90.